The lowest BCUT2D eigenvalue weighted by Gasteiger charge is -2.31. The van der Waals surface area contributed by atoms with Crippen LogP contribution in [-0.2, 0) is 4.79 Å². The number of halogens is 1. The monoisotopic (exact) mass is 300 g/mol. The number of aliphatic carboxylic acids is 1. The summed E-state index contributed by atoms with van der Waals surface area (Å²) >= 11 is 5.66. The van der Waals surface area contributed by atoms with Crippen molar-refractivity contribution in [2.24, 2.45) is 0 Å². The highest BCUT2D eigenvalue weighted by molar-refractivity contribution is 6.31. The van der Waals surface area contributed by atoms with Gasteiger partial charge in [-0.1, -0.05) is 11.6 Å². The molecule has 1 amide bonds. The number of amides is 1. The molecule has 8 heteroatoms. The van der Waals surface area contributed by atoms with Crippen molar-refractivity contribution < 1.29 is 19.6 Å². The van der Waals surface area contributed by atoms with Gasteiger partial charge in [0.1, 0.15) is 11.1 Å². The molecule has 1 rings (SSSR count). The van der Waals surface area contributed by atoms with Crippen LogP contribution >= 0.6 is 11.6 Å². The summed E-state index contributed by atoms with van der Waals surface area (Å²) in [7, 11) is 1.27. The van der Waals surface area contributed by atoms with E-state index in [1.54, 1.807) is 0 Å². The van der Waals surface area contributed by atoms with Crippen LogP contribution in [0.5, 0.6) is 0 Å². The molecule has 1 N–H and O–H groups in total. The minimum Gasteiger partial charge on any atom is -0.480 e. The topological polar surface area (TPSA) is 101 Å². The number of carboxylic acids is 1. The van der Waals surface area contributed by atoms with Crippen molar-refractivity contribution in [3.05, 3.63) is 38.9 Å². The molecule has 108 valence electrons. The zero-order chi connectivity index (χ0) is 15.7. The van der Waals surface area contributed by atoms with Crippen molar-refractivity contribution in [1.82, 2.24) is 4.90 Å². The predicted molar refractivity (Wildman–Crippen MR) is 71.9 cm³/mol. The Labute approximate surface area is 119 Å². The number of carbonyl (C=O) groups is 2. The lowest BCUT2D eigenvalue weighted by molar-refractivity contribution is -0.385. The first-order chi connectivity index (χ1) is 9.09. The Balaban J connectivity index is 3.29. The van der Waals surface area contributed by atoms with Crippen LogP contribution in [0.3, 0.4) is 0 Å². The van der Waals surface area contributed by atoms with Gasteiger partial charge in [0.2, 0.25) is 0 Å². The van der Waals surface area contributed by atoms with Crippen molar-refractivity contribution >= 4 is 29.2 Å². The average Bonchev–Trinajstić information content (AvgIpc) is 2.36. The second-order valence-corrected chi connectivity index (χ2v) is 5.08. The molecule has 20 heavy (non-hydrogen) atoms. The van der Waals surface area contributed by atoms with Crippen LogP contribution in [0, 0.1) is 10.1 Å². The maximum atomic E-state index is 12.2. The number of carbonyl (C=O) groups excluding carboxylic acids is 1. The van der Waals surface area contributed by atoms with E-state index >= 15 is 0 Å². The van der Waals surface area contributed by atoms with Crippen LogP contribution in [0.4, 0.5) is 5.69 Å². The van der Waals surface area contributed by atoms with Crippen molar-refractivity contribution in [3.63, 3.8) is 0 Å². The molecule has 0 spiro atoms. The first kappa shape index (κ1) is 15.9. The molecule has 0 aliphatic heterocycles. The lowest BCUT2D eigenvalue weighted by Crippen LogP contribution is -2.50. The quantitative estimate of drug-likeness (QED) is 0.678. The van der Waals surface area contributed by atoms with Gasteiger partial charge in [-0.15, -0.1) is 0 Å². The van der Waals surface area contributed by atoms with E-state index in [2.05, 4.69) is 0 Å². The fourth-order valence-electron chi connectivity index (χ4n) is 1.41. The Kier molecular flexibility index (Phi) is 4.34. The molecule has 1 aromatic carbocycles. The highest BCUT2D eigenvalue weighted by atomic mass is 35.5. The molecule has 0 saturated heterocycles. The summed E-state index contributed by atoms with van der Waals surface area (Å²) in [6.45, 7) is 2.66. The fraction of sp³-hybridized carbons (Fsp3) is 0.333. The highest BCUT2D eigenvalue weighted by Gasteiger charge is 2.37. The summed E-state index contributed by atoms with van der Waals surface area (Å²) in [4.78, 5) is 34.5. The van der Waals surface area contributed by atoms with Crippen LogP contribution in [-0.4, -0.2) is 39.4 Å². The molecule has 0 atom stereocenters. The number of hydrogen-bond acceptors (Lipinski definition) is 4. The first-order valence-electron chi connectivity index (χ1n) is 5.54. The van der Waals surface area contributed by atoms with Crippen LogP contribution in [0.25, 0.3) is 0 Å². The molecule has 0 aliphatic rings. The van der Waals surface area contributed by atoms with Crippen LogP contribution in [0.2, 0.25) is 5.02 Å². The molecular weight excluding hydrogens is 288 g/mol. The average molecular weight is 301 g/mol. The third-order valence-electron chi connectivity index (χ3n) is 3.05. The van der Waals surface area contributed by atoms with E-state index in [1.165, 1.54) is 33.0 Å². The zero-order valence-corrected chi connectivity index (χ0v) is 11.8. The number of nitro benzene ring substituents is 1. The Hall–Kier alpha value is -2.15. The van der Waals surface area contributed by atoms with Crippen LogP contribution in [0.15, 0.2) is 18.2 Å². The summed E-state index contributed by atoms with van der Waals surface area (Å²) in [5, 5.41) is 20.1. The van der Waals surface area contributed by atoms with Gasteiger partial charge in [0.05, 0.1) is 4.92 Å². The van der Waals surface area contributed by atoms with E-state index in [-0.39, 0.29) is 10.6 Å². The summed E-state index contributed by atoms with van der Waals surface area (Å²) in [5.41, 5.74) is -2.17. The highest BCUT2D eigenvalue weighted by Crippen LogP contribution is 2.26. The SMILES string of the molecule is CN(C(=O)c1ccc(Cl)cc1[N+](=O)[O-])C(C)(C)C(=O)O. The standard InChI is InChI=1S/C12H13ClN2O5/c1-12(2,11(17)18)14(3)10(16)8-5-4-7(13)6-9(8)15(19)20/h4-6H,1-3H3,(H,17,18). The minimum atomic E-state index is -1.50. The predicted octanol–water partition coefficient (Wildman–Crippen LogP) is 2.18. The number of nitro groups is 1. The smallest absolute Gasteiger partial charge is 0.329 e. The Bertz CT molecular complexity index is 585. The van der Waals surface area contributed by atoms with Gasteiger partial charge in [-0.2, -0.15) is 0 Å². The molecule has 0 aliphatic carbocycles. The van der Waals surface area contributed by atoms with Crippen LogP contribution < -0.4 is 0 Å². The molecule has 0 radical (unpaired) electrons. The van der Waals surface area contributed by atoms with Gasteiger partial charge in [0.25, 0.3) is 11.6 Å². The molecule has 0 aromatic heterocycles. The van der Waals surface area contributed by atoms with Crippen molar-refractivity contribution in [3.8, 4) is 0 Å². The van der Waals surface area contributed by atoms with Gasteiger partial charge < -0.3 is 10.0 Å². The van der Waals surface area contributed by atoms with Crippen molar-refractivity contribution in [1.29, 1.82) is 0 Å². The number of carboxylic acid groups (broad SMARTS) is 1. The number of hydrogen-bond donors (Lipinski definition) is 1. The minimum absolute atomic E-state index is 0.119. The molecule has 0 heterocycles. The number of nitrogens with zero attached hydrogens (tertiary/aromatic N) is 2. The van der Waals surface area contributed by atoms with Gasteiger partial charge in [0.15, 0.2) is 0 Å². The van der Waals surface area contributed by atoms with Gasteiger partial charge in [-0.3, -0.25) is 14.9 Å². The molecule has 0 bridgehead atoms. The van der Waals surface area contributed by atoms with Crippen LogP contribution in [0.1, 0.15) is 24.2 Å². The molecule has 1 aromatic rings. The Morgan fingerprint density at radius 2 is 1.95 bits per heavy atom. The van der Waals surface area contributed by atoms with E-state index in [1.807, 2.05) is 0 Å². The fourth-order valence-corrected chi connectivity index (χ4v) is 1.58. The molecular formula is C12H13ClN2O5. The van der Waals surface area contributed by atoms with Gasteiger partial charge in [0, 0.05) is 18.1 Å². The zero-order valence-electron chi connectivity index (χ0n) is 11.1. The third kappa shape index (κ3) is 2.88. The largest absolute Gasteiger partial charge is 0.480 e. The first-order valence-corrected chi connectivity index (χ1v) is 5.92. The third-order valence-corrected chi connectivity index (χ3v) is 3.29. The molecule has 0 saturated carbocycles. The lowest BCUT2D eigenvalue weighted by atomic mass is 10.0. The molecule has 0 unspecified atom stereocenters. The summed E-state index contributed by atoms with van der Waals surface area (Å²) in [6, 6.07) is 3.59. The number of rotatable bonds is 4. The van der Waals surface area contributed by atoms with E-state index in [4.69, 9.17) is 16.7 Å². The van der Waals surface area contributed by atoms with Gasteiger partial charge in [-0.25, -0.2) is 4.79 Å². The summed E-state index contributed by atoms with van der Waals surface area (Å²) in [6.07, 6.45) is 0. The summed E-state index contributed by atoms with van der Waals surface area (Å²) < 4.78 is 0. The van der Waals surface area contributed by atoms with E-state index in [9.17, 15) is 19.7 Å². The normalized spacial score (nSPS) is 11.0. The number of likely N-dealkylation sites (N-methyl/N-ethyl adjacent to an activating group) is 1. The molecule has 7 nitrogen and oxygen atoms in total. The Morgan fingerprint density at radius 3 is 2.40 bits per heavy atom. The summed E-state index contributed by atoms with van der Waals surface area (Å²) in [5.74, 6) is -1.98. The Morgan fingerprint density at radius 1 is 1.40 bits per heavy atom. The van der Waals surface area contributed by atoms with E-state index < -0.39 is 28.0 Å². The molecule has 0 fully saturated rings. The van der Waals surface area contributed by atoms with Crippen molar-refractivity contribution in [2.75, 3.05) is 7.05 Å². The van der Waals surface area contributed by atoms with E-state index in [0.717, 1.165) is 11.0 Å². The maximum absolute atomic E-state index is 12.2. The number of benzene rings is 1. The second kappa shape index (κ2) is 5.46. The van der Waals surface area contributed by atoms with Crippen molar-refractivity contribution in [2.45, 2.75) is 19.4 Å². The van der Waals surface area contributed by atoms with Gasteiger partial charge >= 0.3 is 5.97 Å². The van der Waals surface area contributed by atoms with E-state index in [0.29, 0.717) is 0 Å². The second-order valence-electron chi connectivity index (χ2n) is 4.65. The maximum Gasteiger partial charge on any atom is 0.329 e. The van der Waals surface area contributed by atoms with Gasteiger partial charge in [-0.05, 0) is 26.0 Å².